The maximum atomic E-state index is 14.0. The van der Waals surface area contributed by atoms with E-state index < -0.39 is 17.5 Å². The lowest BCUT2D eigenvalue weighted by atomic mass is 9.81. The molecule has 3 aliphatic rings. The van der Waals surface area contributed by atoms with E-state index in [1.807, 2.05) is 9.47 Å². The Bertz CT molecular complexity index is 1260. The molecule has 2 atom stereocenters. The third-order valence-electron chi connectivity index (χ3n) is 7.36. The molecule has 33 heavy (non-hydrogen) atoms. The summed E-state index contributed by atoms with van der Waals surface area (Å²) in [4.78, 5) is 20.2. The lowest BCUT2D eigenvalue weighted by Crippen LogP contribution is -2.50. The summed E-state index contributed by atoms with van der Waals surface area (Å²) in [5.74, 6) is -2.99. The Labute approximate surface area is 189 Å². The maximum absolute atomic E-state index is 14.0. The number of imidazole rings is 1. The van der Waals surface area contributed by atoms with Crippen LogP contribution < -0.4 is 0 Å². The van der Waals surface area contributed by atoms with Gasteiger partial charge in [0.05, 0.1) is 23.6 Å². The molecule has 0 aliphatic carbocycles. The highest BCUT2D eigenvalue weighted by atomic mass is 19.2. The second kappa shape index (κ2) is 7.46. The molecule has 0 N–H and O–H groups in total. The van der Waals surface area contributed by atoms with E-state index in [1.165, 1.54) is 0 Å². The van der Waals surface area contributed by atoms with Crippen molar-refractivity contribution in [3.8, 4) is 11.3 Å². The molecule has 2 aromatic heterocycles. The third kappa shape index (κ3) is 3.04. The fourth-order valence-electron chi connectivity index (χ4n) is 5.92. The van der Waals surface area contributed by atoms with Crippen LogP contribution in [0.15, 0.2) is 18.3 Å². The van der Waals surface area contributed by atoms with Crippen molar-refractivity contribution in [3.05, 3.63) is 58.6 Å². The van der Waals surface area contributed by atoms with Gasteiger partial charge in [0.2, 0.25) is 0 Å². The molecule has 172 valence electrons. The van der Waals surface area contributed by atoms with Crippen molar-refractivity contribution in [3.63, 3.8) is 0 Å². The number of nitrogens with zero attached hydrogens (tertiary/aromatic N) is 5. The van der Waals surface area contributed by atoms with Crippen molar-refractivity contribution >= 4 is 5.91 Å². The van der Waals surface area contributed by atoms with Crippen molar-refractivity contribution in [1.29, 1.82) is 0 Å². The van der Waals surface area contributed by atoms with Gasteiger partial charge in [0.15, 0.2) is 17.5 Å². The Morgan fingerprint density at radius 3 is 2.67 bits per heavy atom. The van der Waals surface area contributed by atoms with Crippen LogP contribution in [-0.2, 0) is 26.4 Å². The first-order valence-corrected chi connectivity index (χ1v) is 11.5. The second-order valence-corrected chi connectivity index (χ2v) is 9.28. The van der Waals surface area contributed by atoms with Gasteiger partial charge in [-0.3, -0.25) is 9.48 Å². The van der Waals surface area contributed by atoms with Crippen molar-refractivity contribution in [1.82, 2.24) is 24.2 Å². The highest BCUT2D eigenvalue weighted by molar-refractivity contribution is 5.93. The number of carbonyl (C=O) groups excluding carboxylic acids is 1. The van der Waals surface area contributed by atoms with Crippen LogP contribution >= 0.6 is 0 Å². The van der Waals surface area contributed by atoms with Crippen LogP contribution in [0.2, 0.25) is 0 Å². The fourth-order valence-corrected chi connectivity index (χ4v) is 5.92. The van der Waals surface area contributed by atoms with E-state index in [-0.39, 0.29) is 23.6 Å². The van der Waals surface area contributed by atoms with E-state index in [9.17, 15) is 18.0 Å². The molecule has 6 rings (SSSR count). The number of benzene rings is 1. The molecule has 0 unspecified atom stereocenters. The molecule has 5 heterocycles. The van der Waals surface area contributed by atoms with E-state index in [0.717, 1.165) is 74.3 Å². The van der Waals surface area contributed by atoms with E-state index in [2.05, 4.69) is 4.98 Å². The zero-order valence-corrected chi connectivity index (χ0v) is 18.3. The predicted molar refractivity (Wildman–Crippen MR) is 114 cm³/mol. The second-order valence-electron chi connectivity index (χ2n) is 9.28. The number of hydrogen-bond acceptors (Lipinski definition) is 3. The monoisotopic (exact) mass is 455 g/mol. The van der Waals surface area contributed by atoms with Crippen LogP contribution in [0.3, 0.4) is 0 Å². The first kappa shape index (κ1) is 20.5. The molecule has 1 aromatic carbocycles. The quantitative estimate of drug-likeness (QED) is 0.541. The van der Waals surface area contributed by atoms with Gasteiger partial charge in [-0.1, -0.05) is 0 Å². The SMILES string of the molecule is Cn1nc2c(c1-c1cc(F)c(F)c(F)c1)C[C@@H]1CCC[C@H]2N1C(=O)c1cnc2n1CCCC2. The van der Waals surface area contributed by atoms with Gasteiger partial charge < -0.3 is 9.47 Å². The molecule has 0 spiro atoms. The maximum Gasteiger partial charge on any atom is 0.272 e. The van der Waals surface area contributed by atoms with Gasteiger partial charge in [-0.15, -0.1) is 0 Å². The third-order valence-corrected chi connectivity index (χ3v) is 7.36. The van der Waals surface area contributed by atoms with Gasteiger partial charge in [-0.05, 0) is 50.7 Å². The molecule has 0 radical (unpaired) electrons. The zero-order valence-electron chi connectivity index (χ0n) is 18.3. The topological polar surface area (TPSA) is 56.0 Å². The van der Waals surface area contributed by atoms with Gasteiger partial charge in [-0.2, -0.15) is 5.10 Å². The Morgan fingerprint density at radius 1 is 1.09 bits per heavy atom. The summed E-state index contributed by atoms with van der Waals surface area (Å²) >= 11 is 0. The normalized spacial score (nSPS) is 21.6. The van der Waals surface area contributed by atoms with Crippen LogP contribution in [0, 0.1) is 17.5 Å². The van der Waals surface area contributed by atoms with Gasteiger partial charge >= 0.3 is 0 Å². The Balaban J connectivity index is 1.42. The lowest BCUT2D eigenvalue weighted by Gasteiger charge is -2.45. The highest BCUT2D eigenvalue weighted by Gasteiger charge is 2.44. The minimum atomic E-state index is -1.48. The fraction of sp³-hybridized carbons (Fsp3) is 0.458. The summed E-state index contributed by atoms with van der Waals surface area (Å²) in [6, 6.07) is 1.80. The zero-order chi connectivity index (χ0) is 22.9. The summed E-state index contributed by atoms with van der Waals surface area (Å²) in [6.45, 7) is 0.806. The van der Waals surface area contributed by atoms with Crippen LogP contribution in [0.4, 0.5) is 13.2 Å². The number of hydrogen-bond donors (Lipinski definition) is 0. The number of piperidine rings is 1. The Morgan fingerprint density at radius 2 is 1.88 bits per heavy atom. The number of carbonyl (C=O) groups is 1. The van der Waals surface area contributed by atoms with E-state index in [0.29, 0.717) is 17.8 Å². The number of rotatable bonds is 2. The molecule has 3 aliphatic heterocycles. The van der Waals surface area contributed by atoms with Gasteiger partial charge in [0.1, 0.15) is 11.5 Å². The first-order valence-electron chi connectivity index (χ1n) is 11.5. The number of aryl methyl sites for hydroxylation is 2. The highest BCUT2D eigenvalue weighted by Crippen LogP contribution is 2.45. The molecule has 1 saturated heterocycles. The molecular weight excluding hydrogens is 431 g/mol. The minimum Gasteiger partial charge on any atom is -0.325 e. The molecule has 1 amide bonds. The molecule has 3 aromatic rings. The van der Waals surface area contributed by atoms with Crippen molar-refractivity contribution in [2.24, 2.45) is 7.05 Å². The number of aromatic nitrogens is 4. The van der Waals surface area contributed by atoms with Gasteiger partial charge in [0.25, 0.3) is 5.91 Å². The molecule has 0 saturated carbocycles. The summed E-state index contributed by atoms with van der Waals surface area (Å²) in [7, 11) is 1.72. The van der Waals surface area contributed by atoms with Crippen molar-refractivity contribution in [2.45, 2.75) is 63.6 Å². The van der Waals surface area contributed by atoms with Crippen LogP contribution in [0.1, 0.15) is 65.7 Å². The summed E-state index contributed by atoms with van der Waals surface area (Å²) in [6.07, 6.45) is 7.86. The average Bonchev–Trinajstić information content (AvgIpc) is 3.37. The summed E-state index contributed by atoms with van der Waals surface area (Å²) in [5, 5.41) is 4.69. The molecule has 6 nitrogen and oxygen atoms in total. The summed E-state index contributed by atoms with van der Waals surface area (Å²) in [5.41, 5.74) is 3.11. The van der Waals surface area contributed by atoms with Gasteiger partial charge in [-0.25, -0.2) is 18.2 Å². The van der Waals surface area contributed by atoms with Crippen LogP contribution in [0.25, 0.3) is 11.3 Å². The standard InChI is InChI=1S/C24H24F3N5O/c1-30-23(13-9-16(25)21(27)17(26)10-13)15-11-14-5-4-6-18(22(15)29-30)32(14)24(33)19-12-28-20-7-2-3-8-31(19)20/h9-10,12,14,18H,2-8,11H2,1H3/t14-,18+/m0/s1. The Hall–Kier alpha value is -3.10. The predicted octanol–water partition coefficient (Wildman–Crippen LogP) is 4.33. The number of halogens is 3. The minimum absolute atomic E-state index is 0.0259. The lowest BCUT2D eigenvalue weighted by molar-refractivity contribution is 0.0380. The van der Waals surface area contributed by atoms with Crippen LogP contribution in [0.5, 0.6) is 0 Å². The first-order chi connectivity index (χ1) is 15.9. The number of amides is 1. The van der Waals surface area contributed by atoms with E-state index >= 15 is 0 Å². The van der Waals surface area contributed by atoms with Crippen molar-refractivity contribution in [2.75, 3.05) is 0 Å². The largest absolute Gasteiger partial charge is 0.325 e. The Kier molecular flexibility index (Phi) is 4.64. The van der Waals surface area contributed by atoms with E-state index in [4.69, 9.17) is 5.10 Å². The molecule has 1 fully saturated rings. The molecular formula is C24H24F3N5O. The molecule has 9 heteroatoms. The summed E-state index contributed by atoms with van der Waals surface area (Å²) < 4.78 is 45.2. The van der Waals surface area contributed by atoms with E-state index in [1.54, 1.807) is 17.9 Å². The van der Waals surface area contributed by atoms with Crippen molar-refractivity contribution < 1.29 is 18.0 Å². The molecule has 2 bridgehead atoms. The van der Waals surface area contributed by atoms with Gasteiger partial charge in [0, 0.05) is 37.2 Å². The smallest absolute Gasteiger partial charge is 0.272 e. The van der Waals surface area contributed by atoms with Crippen LogP contribution in [-0.4, -0.2) is 36.2 Å². The number of fused-ring (bicyclic) bond motifs is 5. The average molecular weight is 455 g/mol.